The van der Waals surface area contributed by atoms with Gasteiger partial charge in [0, 0.05) is 44.8 Å². The summed E-state index contributed by atoms with van der Waals surface area (Å²) in [7, 11) is 2.05. The van der Waals surface area contributed by atoms with Gasteiger partial charge < -0.3 is 24.4 Å². The van der Waals surface area contributed by atoms with E-state index in [2.05, 4.69) is 17.1 Å². The molecule has 3 rings (SSSR count). The lowest BCUT2D eigenvalue weighted by Gasteiger charge is -2.24. The summed E-state index contributed by atoms with van der Waals surface area (Å²) in [4.78, 5) is 6.86. The number of rotatable bonds is 6. The maximum Gasteiger partial charge on any atom is 0.193 e. The van der Waals surface area contributed by atoms with E-state index in [4.69, 9.17) is 19.2 Å². The van der Waals surface area contributed by atoms with Crippen molar-refractivity contribution in [2.45, 2.75) is 26.4 Å². The normalized spacial score (nSPS) is 19.1. The third-order valence-electron chi connectivity index (χ3n) is 4.65. The van der Waals surface area contributed by atoms with Gasteiger partial charge in [-0.05, 0) is 37.5 Å². The summed E-state index contributed by atoms with van der Waals surface area (Å²) in [5.41, 5.74) is 1.61. The predicted molar refractivity (Wildman–Crippen MR) is 113 cm³/mol. The zero-order valence-electron chi connectivity index (χ0n) is 16.0. The Bertz CT molecular complexity index is 639. The molecule has 2 heterocycles. The molecule has 0 aliphatic carbocycles. The van der Waals surface area contributed by atoms with Crippen molar-refractivity contribution < 1.29 is 18.6 Å². The first-order chi connectivity index (χ1) is 12.7. The minimum absolute atomic E-state index is 0. The maximum absolute atomic E-state index is 13.8. The molecule has 1 aromatic rings. The minimum Gasteiger partial charge on any atom is -0.467 e. The van der Waals surface area contributed by atoms with Crippen molar-refractivity contribution in [3.63, 3.8) is 0 Å². The SMILES string of the molecule is CCNC(=NCCc1cc(F)cc2c1OCOC2)N(C)CC1CCOC1.I. The minimum atomic E-state index is -0.262. The highest BCUT2D eigenvalue weighted by Gasteiger charge is 2.19. The van der Waals surface area contributed by atoms with Crippen LogP contribution in [0.2, 0.25) is 0 Å². The molecule has 1 atom stereocenters. The second kappa shape index (κ2) is 11.0. The molecule has 0 saturated carbocycles. The molecule has 1 N–H and O–H groups in total. The number of nitrogens with one attached hydrogen (secondary N) is 1. The van der Waals surface area contributed by atoms with Crippen molar-refractivity contribution in [1.29, 1.82) is 0 Å². The molecule has 6 nitrogen and oxygen atoms in total. The fourth-order valence-electron chi connectivity index (χ4n) is 3.40. The lowest BCUT2D eigenvalue weighted by atomic mass is 10.1. The fourth-order valence-corrected chi connectivity index (χ4v) is 3.40. The van der Waals surface area contributed by atoms with Crippen molar-refractivity contribution in [3.05, 3.63) is 29.1 Å². The number of hydrogen-bond acceptors (Lipinski definition) is 4. The molecule has 1 unspecified atom stereocenters. The van der Waals surface area contributed by atoms with E-state index < -0.39 is 0 Å². The summed E-state index contributed by atoms with van der Waals surface area (Å²) in [5, 5.41) is 3.33. The molecule has 1 saturated heterocycles. The molecular weight excluding hydrogens is 464 g/mol. The van der Waals surface area contributed by atoms with Gasteiger partial charge in [0.25, 0.3) is 0 Å². The second-order valence-corrected chi connectivity index (χ2v) is 6.76. The highest BCUT2D eigenvalue weighted by atomic mass is 127. The van der Waals surface area contributed by atoms with Crippen LogP contribution in [0.25, 0.3) is 0 Å². The van der Waals surface area contributed by atoms with Gasteiger partial charge in [0.1, 0.15) is 11.6 Å². The standard InChI is InChI=1S/C19H28FN3O3.HI/c1-3-21-19(23(2)10-14-5-7-24-11-14)22-6-4-15-8-17(20)9-16-12-25-13-26-18(15)16;/h8-9,14H,3-7,10-13H2,1-2H3,(H,21,22);1H. The first-order valence-electron chi connectivity index (χ1n) is 9.26. The molecule has 2 aliphatic heterocycles. The van der Waals surface area contributed by atoms with Crippen LogP contribution in [0.4, 0.5) is 4.39 Å². The van der Waals surface area contributed by atoms with Gasteiger partial charge in [0.15, 0.2) is 12.8 Å². The van der Waals surface area contributed by atoms with Crippen molar-refractivity contribution in [3.8, 4) is 5.75 Å². The Morgan fingerprint density at radius 2 is 2.22 bits per heavy atom. The molecule has 0 amide bonds. The Hall–Kier alpha value is -1.13. The van der Waals surface area contributed by atoms with Gasteiger partial charge in [-0.3, -0.25) is 4.99 Å². The Morgan fingerprint density at radius 1 is 1.37 bits per heavy atom. The van der Waals surface area contributed by atoms with Gasteiger partial charge in [-0.1, -0.05) is 0 Å². The van der Waals surface area contributed by atoms with E-state index in [-0.39, 0.29) is 36.6 Å². The van der Waals surface area contributed by atoms with Gasteiger partial charge in [-0.25, -0.2) is 4.39 Å². The first kappa shape index (κ1) is 22.2. The van der Waals surface area contributed by atoms with Crippen LogP contribution >= 0.6 is 24.0 Å². The molecular formula is C19H29FIN3O3. The van der Waals surface area contributed by atoms with E-state index in [1.54, 1.807) is 0 Å². The van der Waals surface area contributed by atoms with E-state index in [1.165, 1.54) is 12.1 Å². The van der Waals surface area contributed by atoms with Gasteiger partial charge in [-0.15, -0.1) is 24.0 Å². The Kier molecular flexibility index (Phi) is 9.04. The fraction of sp³-hybridized carbons (Fsp3) is 0.632. The molecule has 152 valence electrons. The van der Waals surface area contributed by atoms with Crippen LogP contribution in [0.3, 0.4) is 0 Å². The Labute approximate surface area is 177 Å². The van der Waals surface area contributed by atoms with E-state index in [1.807, 2.05) is 7.05 Å². The van der Waals surface area contributed by atoms with Crippen LogP contribution in [-0.2, 0) is 22.5 Å². The van der Waals surface area contributed by atoms with Crippen molar-refractivity contribution in [2.75, 3.05) is 46.7 Å². The van der Waals surface area contributed by atoms with Crippen molar-refractivity contribution in [1.82, 2.24) is 10.2 Å². The number of guanidine groups is 1. The monoisotopic (exact) mass is 493 g/mol. The largest absolute Gasteiger partial charge is 0.467 e. The third-order valence-corrected chi connectivity index (χ3v) is 4.65. The molecule has 2 aliphatic rings. The smallest absolute Gasteiger partial charge is 0.193 e. The van der Waals surface area contributed by atoms with E-state index in [9.17, 15) is 4.39 Å². The molecule has 0 bridgehead atoms. The Morgan fingerprint density at radius 3 is 2.96 bits per heavy atom. The van der Waals surface area contributed by atoms with E-state index in [0.29, 0.717) is 25.5 Å². The first-order valence-corrected chi connectivity index (χ1v) is 9.26. The van der Waals surface area contributed by atoms with Crippen LogP contribution in [0, 0.1) is 11.7 Å². The van der Waals surface area contributed by atoms with Crippen LogP contribution in [0.15, 0.2) is 17.1 Å². The van der Waals surface area contributed by atoms with Crippen LogP contribution in [0.5, 0.6) is 5.75 Å². The number of hydrogen-bond donors (Lipinski definition) is 1. The molecule has 8 heteroatoms. The number of nitrogens with zero attached hydrogens (tertiary/aromatic N) is 2. The summed E-state index contributed by atoms with van der Waals surface area (Å²) < 4.78 is 30.1. The number of benzene rings is 1. The number of halogens is 2. The van der Waals surface area contributed by atoms with Gasteiger partial charge >= 0.3 is 0 Å². The van der Waals surface area contributed by atoms with Crippen LogP contribution in [-0.4, -0.2) is 57.5 Å². The third kappa shape index (κ3) is 6.18. The molecule has 1 fully saturated rings. The predicted octanol–water partition coefficient (Wildman–Crippen LogP) is 2.79. The second-order valence-electron chi connectivity index (χ2n) is 6.76. The Balaban J connectivity index is 0.00000261. The van der Waals surface area contributed by atoms with Gasteiger partial charge in [0.05, 0.1) is 13.2 Å². The van der Waals surface area contributed by atoms with Crippen molar-refractivity contribution in [2.24, 2.45) is 10.9 Å². The highest BCUT2D eigenvalue weighted by molar-refractivity contribution is 14.0. The number of ether oxygens (including phenoxy) is 3. The maximum atomic E-state index is 13.8. The summed E-state index contributed by atoms with van der Waals surface area (Å²) in [6, 6.07) is 3.01. The number of aliphatic imine (C=N–C) groups is 1. The summed E-state index contributed by atoms with van der Waals surface area (Å²) in [6.45, 7) is 6.61. The average molecular weight is 493 g/mol. The summed E-state index contributed by atoms with van der Waals surface area (Å²) >= 11 is 0. The summed E-state index contributed by atoms with van der Waals surface area (Å²) in [5.74, 6) is 1.90. The number of fused-ring (bicyclic) bond motifs is 1. The average Bonchev–Trinajstić information content (AvgIpc) is 3.13. The van der Waals surface area contributed by atoms with E-state index >= 15 is 0 Å². The molecule has 0 radical (unpaired) electrons. The van der Waals surface area contributed by atoms with Gasteiger partial charge in [0.2, 0.25) is 0 Å². The molecule has 0 spiro atoms. The van der Waals surface area contributed by atoms with E-state index in [0.717, 1.165) is 55.6 Å². The lowest BCUT2D eigenvalue weighted by molar-refractivity contribution is -0.0172. The van der Waals surface area contributed by atoms with Crippen LogP contribution in [0.1, 0.15) is 24.5 Å². The summed E-state index contributed by atoms with van der Waals surface area (Å²) in [6.07, 6.45) is 1.72. The molecule has 27 heavy (non-hydrogen) atoms. The van der Waals surface area contributed by atoms with Crippen LogP contribution < -0.4 is 10.1 Å². The topological polar surface area (TPSA) is 55.3 Å². The zero-order valence-corrected chi connectivity index (χ0v) is 18.3. The quantitative estimate of drug-likeness (QED) is 0.376. The highest BCUT2D eigenvalue weighted by Crippen LogP contribution is 2.29. The molecule has 0 aromatic heterocycles. The van der Waals surface area contributed by atoms with Crippen molar-refractivity contribution >= 4 is 29.9 Å². The lowest BCUT2D eigenvalue weighted by Crippen LogP contribution is -2.41. The molecule has 1 aromatic carbocycles. The van der Waals surface area contributed by atoms with Gasteiger partial charge in [-0.2, -0.15) is 0 Å². The zero-order chi connectivity index (χ0) is 18.4.